The van der Waals surface area contributed by atoms with E-state index in [0.29, 0.717) is 23.9 Å². The summed E-state index contributed by atoms with van der Waals surface area (Å²) in [7, 11) is 3.96. The molecule has 108 valence electrons. The van der Waals surface area contributed by atoms with Gasteiger partial charge in [0, 0.05) is 18.4 Å². The molecule has 0 aliphatic heterocycles. The Morgan fingerprint density at radius 3 is 2.90 bits per heavy atom. The van der Waals surface area contributed by atoms with Crippen molar-refractivity contribution in [2.75, 3.05) is 39.6 Å². The first-order valence-electron chi connectivity index (χ1n) is 6.20. The number of hydrogen-bond donors (Lipinski definition) is 0. The predicted octanol–water partition coefficient (Wildman–Crippen LogP) is 1.25. The van der Waals surface area contributed by atoms with Gasteiger partial charge in [0.25, 0.3) is 0 Å². The lowest BCUT2D eigenvalue weighted by atomic mass is 10.0. The molecule has 1 aromatic heterocycles. The number of nitrogens with zero attached hydrogens (tertiary/aromatic N) is 2. The fourth-order valence-corrected chi connectivity index (χ4v) is 2.48. The molecule has 0 aromatic carbocycles. The van der Waals surface area contributed by atoms with E-state index in [2.05, 4.69) is 5.16 Å². The Balaban J connectivity index is 1.79. The maximum absolute atomic E-state index is 12.0. The average Bonchev–Trinajstić information content (AvgIpc) is 2.88. The van der Waals surface area contributed by atoms with Gasteiger partial charge in [-0.25, -0.2) is 0 Å². The maximum atomic E-state index is 12.0. The number of ether oxygens (including phenoxy) is 1. The molecule has 0 saturated carbocycles. The molecular formula is C13H16N2O4S. The van der Waals surface area contributed by atoms with Crippen LogP contribution in [0.4, 0.5) is 0 Å². The SMILES string of the molecule is CN(C)CCOCCSC1=CC(=O)c2oncc2C1=O. The smallest absolute Gasteiger partial charge is 0.225 e. The third kappa shape index (κ3) is 3.56. The van der Waals surface area contributed by atoms with Crippen LogP contribution < -0.4 is 0 Å². The summed E-state index contributed by atoms with van der Waals surface area (Å²) in [5, 5.41) is 3.49. The minimum atomic E-state index is -0.312. The second kappa shape index (κ2) is 6.83. The number of rotatable bonds is 7. The van der Waals surface area contributed by atoms with Gasteiger partial charge in [-0.2, -0.15) is 0 Å². The molecule has 20 heavy (non-hydrogen) atoms. The van der Waals surface area contributed by atoms with E-state index in [0.717, 1.165) is 6.54 Å². The van der Waals surface area contributed by atoms with Crippen LogP contribution in [0.25, 0.3) is 0 Å². The molecule has 1 aromatic rings. The lowest BCUT2D eigenvalue weighted by Crippen LogP contribution is -2.19. The Kier molecular flexibility index (Phi) is 5.11. The number of likely N-dealkylation sites (N-methyl/N-ethyl adjacent to an activating group) is 1. The van der Waals surface area contributed by atoms with Crippen molar-refractivity contribution in [3.63, 3.8) is 0 Å². The predicted molar refractivity (Wildman–Crippen MR) is 75.1 cm³/mol. The number of hydrogen-bond acceptors (Lipinski definition) is 7. The molecule has 1 aliphatic rings. The number of thioether (sulfide) groups is 1. The van der Waals surface area contributed by atoms with Gasteiger partial charge in [0.2, 0.25) is 17.3 Å². The van der Waals surface area contributed by atoms with Crippen LogP contribution >= 0.6 is 11.8 Å². The molecule has 0 amide bonds. The first-order chi connectivity index (χ1) is 9.59. The van der Waals surface area contributed by atoms with E-state index in [-0.39, 0.29) is 22.9 Å². The van der Waals surface area contributed by atoms with Crippen molar-refractivity contribution in [2.24, 2.45) is 0 Å². The molecular weight excluding hydrogens is 280 g/mol. The summed E-state index contributed by atoms with van der Waals surface area (Å²) in [6.45, 7) is 2.04. The second-order valence-corrected chi connectivity index (χ2v) is 5.67. The van der Waals surface area contributed by atoms with E-state index in [1.54, 1.807) is 0 Å². The fraction of sp³-hybridized carbons (Fsp3) is 0.462. The van der Waals surface area contributed by atoms with Crippen LogP contribution in [0.1, 0.15) is 20.9 Å². The van der Waals surface area contributed by atoms with E-state index in [1.807, 2.05) is 19.0 Å². The molecule has 1 aliphatic carbocycles. The minimum Gasteiger partial charge on any atom is -0.379 e. The zero-order valence-corrected chi connectivity index (χ0v) is 12.2. The van der Waals surface area contributed by atoms with Crippen molar-refractivity contribution in [1.29, 1.82) is 0 Å². The van der Waals surface area contributed by atoms with Crippen molar-refractivity contribution in [3.8, 4) is 0 Å². The molecule has 0 bridgehead atoms. The topological polar surface area (TPSA) is 72.6 Å². The van der Waals surface area contributed by atoms with Gasteiger partial charge >= 0.3 is 0 Å². The molecule has 2 rings (SSSR count). The van der Waals surface area contributed by atoms with Crippen LogP contribution in [0, 0.1) is 0 Å². The Morgan fingerprint density at radius 1 is 1.35 bits per heavy atom. The van der Waals surface area contributed by atoms with Crippen molar-refractivity contribution >= 4 is 23.3 Å². The van der Waals surface area contributed by atoms with Crippen LogP contribution in [0.2, 0.25) is 0 Å². The Hall–Kier alpha value is -1.44. The molecule has 0 fully saturated rings. The van der Waals surface area contributed by atoms with Crippen LogP contribution in [-0.2, 0) is 4.74 Å². The van der Waals surface area contributed by atoms with Crippen LogP contribution in [0.5, 0.6) is 0 Å². The van der Waals surface area contributed by atoms with E-state index >= 15 is 0 Å². The summed E-state index contributed by atoms with van der Waals surface area (Å²) in [6.07, 6.45) is 2.59. The molecule has 0 radical (unpaired) electrons. The summed E-state index contributed by atoms with van der Waals surface area (Å²) in [5.41, 5.74) is 0.244. The van der Waals surface area contributed by atoms with Gasteiger partial charge in [-0.15, -0.1) is 11.8 Å². The zero-order valence-electron chi connectivity index (χ0n) is 11.4. The Morgan fingerprint density at radius 2 is 2.15 bits per heavy atom. The first-order valence-corrected chi connectivity index (χ1v) is 7.19. The molecule has 0 atom stereocenters. The largest absolute Gasteiger partial charge is 0.379 e. The molecule has 1 heterocycles. The van der Waals surface area contributed by atoms with E-state index in [4.69, 9.17) is 9.26 Å². The molecule has 0 saturated heterocycles. The van der Waals surface area contributed by atoms with Gasteiger partial charge in [0.1, 0.15) is 0 Å². The van der Waals surface area contributed by atoms with Crippen LogP contribution in [-0.4, -0.2) is 61.2 Å². The standard InChI is InChI=1S/C13H16N2O4S/c1-15(2)3-4-18-5-6-20-11-7-10(16)13-9(12(11)17)8-14-19-13/h7-8H,3-6H2,1-2H3. The minimum absolute atomic E-state index is 0.0292. The Labute approximate surface area is 121 Å². The third-order valence-corrected chi connectivity index (χ3v) is 3.68. The second-order valence-electron chi connectivity index (χ2n) is 4.53. The van der Waals surface area contributed by atoms with Crippen molar-refractivity contribution in [3.05, 3.63) is 28.5 Å². The van der Waals surface area contributed by atoms with Crippen molar-refractivity contribution in [2.45, 2.75) is 0 Å². The number of fused-ring (bicyclic) bond motifs is 1. The van der Waals surface area contributed by atoms with Crippen LogP contribution in [0.3, 0.4) is 0 Å². The normalized spacial score (nSPS) is 14.7. The highest BCUT2D eigenvalue weighted by Gasteiger charge is 2.29. The highest BCUT2D eigenvalue weighted by Crippen LogP contribution is 2.27. The van der Waals surface area contributed by atoms with Crippen LogP contribution in [0.15, 0.2) is 21.7 Å². The number of carbonyl (C=O) groups is 2. The van der Waals surface area contributed by atoms with E-state index in [1.165, 1.54) is 24.0 Å². The lowest BCUT2D eigenvalue weighted by Gasteiger charge is -2.11. The fourth-order valence-electron chi connectivity index (χ4n) is 1.63. The van der Waals surface area contributed by atoms with Gasteiger partial charge in [-0.05, 0) is 14.1 Å². The number of ketones is 2. The average molecular weight is 296 g/mol. The molecule has 6 nitrogen and oxygen atoms in total. The maximum Gasteiger partial charge on any atom is 0.225 e. The highest BCUT2D eigenvalue weighted by molar-refractivity contribution is 8.04. The first kappa shape index (κ1) is 15.0. The van der Waals surface area contributed by atoms with Crippen molar-refractivity contribution < 1.29 is 18.8 Å². The molecule has 0 unspecified atom stereocenters. The molecule has 7 heteroatoms. The van der Waals surface area contributed by atoms with Gasteiger partial charge in [0.15, 0.2) is 0 Å². The molecule has 0 N–H and O–H groups in total. The monoisotopic (exact) mass is 296 g/mol. The number of Topliss-reactive ketones (excluding diaryl/α,β-unsaturated/α-hetero) is 1. The summed E-state index contributed by atoms with van der Waals surface area (Å²) in [6, 6.07) is 0. The van der Waals surface area contributed by atoms with E-state index in [9.17, 15) is 9.59 Å². The zero-order chi connectivity index (χ0) is 14.5. The third-order valence-electron chi connectivity index (χ3n) is 2.69. The van der Waals surface area contributed by atoms with Gasteiger partial charge in [0.05, 0.1) is 29.9 Å². The number of allylic oxidation sites excluding steroid dienone is 2. The summed E-state index contributed by atoms with van der Waals surface area (Å²) in [4.78, 5) is 26.2. The highest BCUT2D eigenvalue weighted by atomic mass is 32.2. The summed E-state index contributed by atoms with van der Waals surface area (Å²) >= 11 is 1.32. The number of aromatic nitrogens is 1. The quantitative estimate of drug-likeness (QED) is 0.701. The van der Waals surface area contributed by atoms with Gasteiger partial charge in [-0.1, -0.05) is 5.16 Å². The van der Waals surface area contributed by atoms with Gasteiger partial charge in [-0.3, -0.25) is 9.59 Å². The van der Waals surface area contributed by atoms with E-state index < -0.39 is 0 Å². The van der Waals surface area contributed by atoms with Crippen molar-refractivity contribution in [1.82, 2.24) is 10.1 Å². The lowest BCUT2D eigenvalue weighted by molar-refractivity contribution is 0.0967. The number of carbonyl (C=O) groups excluding carboxylic acids is 2. The summed E-state index contributed by atoms with van der Waals surface area (Å²) < 4.78 is 10.2. The Bertz CT molecular complexity index is 536. The molecule has 0 spiro atoms. The summed E-state index contributed by atoms with van der Waals surface area (Å²) in [5.74, 6) is 0.132. The van der Waals surface area contributed by atoms with Gasteiger partial charge < -0.3 is 14.2 Å².